The molecule has 0 saturated carbocycles. The van der Waals surface area contributed by atoms with Gasteiger partial charge in [-0.3, -0.25) is 4.79 Å². The first kappa shape index (κ1) is 17.0. The lowest BCUT2D eigenvalue weighted by molar-refractivity contribution is 0.0715. The molecule has 0 radical (unpaired) electrons. The number of aromatic nitrogens is 2. The molecule has 1 aromatic heterocycles. The zero-order valence-electron chi connectivity index (χ0n) is 13.8. The van der Waals surface area contributed by atoms with E-state index in [0.717, 1.165) is 0 Å². The van der Waals surface area contributed by atoms with Crippen molar-refractivity contribution in [2.24, 2.45) is 0 Å². The van der Waals surface area contributed by atoms with Crippen LogP contribution in [0.5, 0.6) is 5.75 Å². The van der Waals surface area contributed by atoms with Gasteiger partial charge in [0.05, 0.1) is 6.61 Å². The Labute approximate surface area is 135 Å². The molecule has 0 aliphatic heterocycles. The summed E-state index contributed by atoms with van der Waals surface area (Å²) >= 11 is 0. The number of benzene rings is 1. The number of amides is 1. The second-order valence-electron chi connectivity index (χ2n) is 5.14. The van der Waals surface area contributed by atoms with Crippen molar-refractivity contribution in [3.63, 3.8) is 0 Å². The van der Waals surface area contributed by atoms with Gasteiger partial charge in [0.2, 0.25) is 5.89 Å². The molecule has 124 valence electrons. The Bertz CT molecular complexity index is 656. The molecular weight excluding hydrogens is 298 g/mol. The highest BCUT2D eigenvalue weighted by Gasteiger charge is 2.23. The minimum absolute atomic E-state index is 0.148. The standard InChI is InChI=1S/C16H21N3O4/c1-11(15-17-12(2)18-23-15)19(3)16(20)13-6-5-7-14(10-13)22-9-8-21-4/h5-7,10-11H,8-9H2,1-4H3. The van der Waals surface area contributed by atoms with E-state index in [2.05, 4.69) is 10.1 Å². The van der Waals surface area contributed by atoms with Crippen LogP contribution >= 0.6 is 0 Å². The summed E-state index contributed by atoms with van der Waals surface area (Å²) in [5, 5.41) is 3.75. The number of hydrogen-bond acceptors (Lipinski definition) is 6. The largest absolute Gasteiger partial charge is 0.491 e. The summed E-state index contributed by atoms with van der Waals surface area (Å²) < 4.78 is 15.6. The third kappa shape index (κ3) is 4.29. The van der Waals surface area contributed by atoms with E-state index in [0.29, 0.717) is 36.2 Å². The van der Waals surface area contributed by atoms with Crippen LogP contribution in [0.2, 0.25) is 0 Å². The fourth-order valence-corrected chi connectivity index (χ4v) is 1.99. The zero-order valence-corrected chi connectivity index (χ0v) is 13.8. The van der Waals surface area contributed by atoms with Gasteiger partial charge in [-0.2, -0.15) is 4.98 Å². The van der Waals surface area contributed by atoms with Crippen LogP contribution in [-0.4, -0.2) is 48.3 Å². The van der Waals surface area contributed by atoms with Crippen LogP contribution in [-0.2, 0) is 4.74 Å². The van der Waals surface area contributed by atoms with Gasteiger partial charge in [0.15, 0.2) is 5.82 Å². The van der Waals surface area contributed by atoms with Gasteiger partial charge >= 0.3 is 0 Å². The maximum atomic E-state index is 12.6. The van der Waals surface area contributed by atoms with Gasteiger partial charge < -0.3 is 18.9 Å². The number of hydrogen-bond donors (Lipinski definition) is 0. The topological polar surface area (TPSA) is 77.7 Å². The lowest BCUT2D eigenvalue weighted by Crippen LogP contribution is -2.29. The van der Waals surface area contributed by atoms with Gasteiger partial charge in [0, 0.05) is 19.7 Å². The highest BCUT2D eigenvalue weighted by Crippen LogP contribution is 2.21. The Hall–Kier alpha value is -2.41. The summed E-state index contributed by atoms with van der Waals surface area (Å²) in [6, 6.07) is 6.72. The van der Waals surface area contributed by atoms with E-state index in [1.54, 1.807) is 50.2 Å². The number of aryl methyl sites for hydroxylation is 1. The highest BCUT2D eigenvalue weighted by molar-refractivity contribution is 5.94. The van der Waals surface area contributed by atoms with Crippen LogP contribution < -0.4 is 4.74 Å². The summed E-state index contributed by atoms with van der Waals surface area (Å²) in [7, 11) is 3.31. The average molecular weight is 319 g/mol. The number of ether oxygens (including phenoxy) is 2. The summed E-state index contributed by atoms with van der Waals surface area (Å²) in [5.41, 5.74) is 0.533. The van der Waals surface area contributed by atoms with Crippen LogP contribution in [0.25, 0.3) is 0 Å². The van der Waals surface area contributed by atoms with Crippen molar-refractivity contribution in [3.8, 4) is 5.75 Å². The maximum Gasteiger partial charge on any atom is 0.254 e. The molecule has 0 spiro atoms. The first-order valence-electron chi connectivity index (χ1n) is 7.32. The van der Waals surface area contributed by atoms with E-state index < -0.39 is 0 Å². The molecule has 1 atom stereocenters. The summed E-state index contributed by atoms with van der Waals surface area (Å²) in [4.78, 5) is 18.3. The molecule has 1 heterocycles. The van der Waals surface area contributed by atoms with Crippen molar-refractivity contribution in [3.05, 3.63) is 41.5 Å². The predicted molar refractivity (Wildman–Crippen MR) is 83.4 cm³/mol. The lowest BCUT2D eigenvalue weighted by atomic mass is 10.1. The molecule has 0 saturated heterocycles. The molecule has 2 aromatic rings. The Morgan fingerprint density at radius 2 is 2.17 bits per heavy atom. The maximum absolute atomic E-state index is 12.6. The summed E-state index contributed by atoms with van der Waals surface area (Å²) in [6.07, 6.45) is 0. The number of carbonyl (C=O) groups excluding carboxylic acids is 1. The van der Waals surface area contributed by atoms with E-state index in [-0.39, 0.29) is 11.9 Å². The minimum atomic E-state index is -0.318. The predicted octanol–water partition coefficient (Wildman–Crippen LogP) is 2.24. The normalized spacial score (nSPS) is 12.0. The van der Waals surface area contributed by atoms with Crippen LogP contribution in [0.3, 0.4) is 0 Å². The smallest absolute Gasteiger partial charge is 0.254 e. The number of carbonyl (C=O) groups is 1. The third-order valence-corrected chi connectivity index (χ3v) is 3.44. The summed E-state index contributed by atoms with van der Waals surface area (Å²) in [6.45, 7) is 4.50. The van der Waals surface area contributed by atoms with Gasteiger partial charge in [0.1, 0.15) is 18.4 Å². The van der Waals surface area contributed by atoms with E-state index >= 15 is 0 Å². The second kappa shape index (κ2) is 7.73. The van der Waals surface area contributed by atoms with Crippen molar-refractivity contribution in [1.82, 2.24) is 15.0 Å². The fourth-order valence-electron chi connectivity index (χ4n) is 1.99. The molecule has 0 aliphatic carbocycles. The number of nitrogens with zero attached hydrogens (tertiary/aromatic N) is 3. The number of rotatable bonds is 7. The lowest BCUT2D eigenvalue weighted by Gasteiger charge is -2.22. The monoisotopic (exact) mass is 319 g/mol. The molecule has 1 unspecified atom stereocenters. The molecule has 7 nitrogen and oxygen atoms in total. The van der Waals surface area contributed by atoms with Crippen LogP contribution in [0, 0.1) is 6.92 Å². The van der Waals surface area contributed by atoms with E-state index in [1.165, 1.54) is 0 Å². The Balaban J connectivity index is 2.08. The first-order valence-corrected chi connectivity index (χ1v) is 7.32. The first-order chi connectivity index (χ1) is 11.0. The number of methoxy groups -OCH3 is 1. The van der Waals surface area contributed by atoms with Gasteiger partial charge in [-0.25, -0.2) is 0 Å². The van der Waals surface area contributed by atoms with Crippen LogP contribution in [0.15, 0.2) is 28.8 Å². The minimum Gasteiger partial charge on any atom is -0.491 e. The van der Waals surface area contributed by atoms with E-state index in [1.807, 2.05) is 6.92 Å². The molecule has 0 N–H and O–H groups in total. The fraction of sp³-hybridized carbons (Fsp3) is 0.438. The van der Waals surface area contributed by atoms with Crippen molar-refractivity contribution >= 4 is 5.91 Å². The zero-order chi connectivity index (χ0) is 16.8. The van der Waals surface area contributed by atoms with Gasteiger partial charge in [-0.1, -0.05) is 11.2 Å². The molecule has 0 aliphatic rings. The molecule has 2 rings (SSSR count). The van der Waals surface area contributed by atoms with E-state index in [4.69, 9.17) is 14.0 Å². The molecule has 1 amide bonds. The Kier molecular flexibility index (Phi) is 5.70. The molecule has 1 aromatic carbocycles. The third-order valence-electron chi connectivity index (χ3n) is 3.44. The Morgan fingerprint density at radius 3 is 2.83 bits per heavy atom. The summed E-state index contributed by atoms with van der Waals surface area (Å²) in [5.74, 6) is 1.43. The molecule has 0 fully saturated rings. The molecule has 23 heavy (non-hydrogen) atoms. The Morgan fingerprint density at radius 1 is 1.39 bits per heavy atom. The second-order valence-corrected chi connectivity index (χ2v) is 5.14. The van der Waals surface area contributed by atoms with Gasteiger partial charge in [-0.15, -0.1) is 0 Å². The SMILES string of the molecule is COCCOc1cccc(C(=O)N(C)C(C)c2nc(C)no2)c1. The van der Waals surface area contributed by atoms with Crippen LogP contribution in [0.4, 0.5) is 0 Å². The molecule has 7 heteroatoms. The molecule has 0 bridgehead atoms. The van der Waals surface area contributed by atoms with Crippen molar-refractivity contribution in [2.75, 3.05) is 27.4 Å². The van der Waals surface area contributed by atoms with Gasteiger partial charge in [-0.05, 0) is 32.0 Å². The van der Waals surface area contributed by atoms with Crippen molar-refractivity contribution < 1.29 is 18.8 Å². The average Bonchev–Trinajstić information content (AvgIpc) is 3.00. The van der Waals surface area contributed by atoms with E-state index in [9.17, 15) is 4.79 Å². The highest BCUT2D eigenvalue weighted by atomic mass is 16.5. The molecular formula is C16H21N3O4. The van der Waals surface area contributed by atoms with Crippen LogP contribution in [0.1, 0.15) is 35.0 Å². The van der Waals surface area contributed by atoms with Gasteiger partial charge in [0.25, 0.3) is 5.91 Å². The quantitative estimate of drug-likeness (QED) is 0.728. The van der Waals surface area contributed by atoms with Crippen molar-refractivity contribution in [2.45, 2.75) is 19.9 Å². The van der Waals surface area contributed by atoms with Crippen molar-refractivity contribution in [1.29, 1.82) is 0 Å².